The largest absolute Gasteiger partial charge is 0.390 e. The predicted octanol–water partition coefficient (Wildman–Crippen LogP) is 2.41. The van der Waals surface area contributed by atoms with Crippen molar-refractivity contribution in [3.8, 4) is 6.07 Å². The van der Waals surface area contributed by atoms with Crippen LogP contribution in [0.1, 0.15) is 52.5 Å². The van der Waals surface area contributed by atoms with Crippen LogP contribution in [0.5, 0.6) is 0 Å². The first kappa shape index (κ1) is 25.9. The highest BCUT2D eigenvalue weighted by molar-refractivity contribution is 7.92. The Balaban J connectivity index is 1.48. The van der Waals surface area contributed by atoms with E-state index in [1.165, 1.54) is 0 Å². The van der Waals surface area contributed by atoms with Gasteiger partial charge in [-0.1, -0.05) is 11.6 Å². The van der Waals surface area contributed by atoms with E-state index < -0.39 is 22.0 Å². The highest BCUT2D eigenvalue weighted by Gasteiger charge is 2.34. The van der Waals surface area contributed by atoms with Crippen LogP contribution in [0, 0.1) is 31.1 Å². The summed E-state index contributed by atoms with van der Waals surface area (Å²) in [6.07, 6.45) is 4.72. The maximum absolute atomic E-state index is 13.8. The Morgan fingerprint density at radius 2 is 2.00 bits per heavy atom. The Kier molecular flexibility index (Phi) is 6.75. The number of carbonyl (C=O) groups excluding carboxylic acids is 1. The molecule has 0 saturated carbocycles. The molecule has 11 nitrogen and oxygen atoms in total. The molecule has 2 saturated heterocycles. The zero-order valence-electron chi connectivity index (χ0n) is 21.6. The summed E-state index contributed by atoms with van der Waals surface area (Å²) in [7, 11) is -3.57. The molecule has 200 valence electrons. The summed E-state index contributed by atoms with van der Waals surface area (Å²) >= 11 is 0. The van der Waals surface area contributed by atoms with Gasteiger partial charge in [0.25, 0.3) is 5.91 Å². The third-order valence-electron chi connectivity index (χ3n) is 7.18. The van der Waals surface area contributed by atoms with Gasteiger partial charge < -0.3 is 14.9 Å². The second-order valence-corrected chi connectivity index (χ2v) is 12.0. The number of rotatable bonds is 5. The number of carbonyl (C=O) groups is 1. The molecule has 2 aliphatic rings. The number of aliphatic hydroxyl groups excluding tert-OH is 1. The van der Waals surface area contributed by atoms with Crippen LogP contribution in [0.2, 0.25) is 0 Å². The van der Waals surface area contributed by atoms with Gasteiger partial charge in [-0.05, 0) is 45.2 Å². The minimum atomic E-state index is -3.57. The van der Waals surface area contributed by atoms with Crippen molar-refractivity contribution in [1.29, 1.82) is 5.26 Å². The van der Waals surface area contributed by atoms with Gasteiger partial charge in [-0.25, -0.2) is 17.9 Å². The van der Waals surface area contributed by atoms with Crippen molar-refractivity contribution in [2.75, 3.05) is 35.5 Å². The van der Waals surface area contributed by atoms with Gasteiger partial charge in [0.2, 0.25) is 10.0 Å². The number of nitriles is 1. The number of piperidine rings is 1. The number of likely N-dealkylation sites (tertiary alicyclic amines) is 1. The lowest BCUT2D eigenvalue weighted by molar-refractivity contribution is 0.0606. The summed E-state index contributed by atoms with van der Waals surface area (Å²) in [5, 5.41) is 24.2. The Labute approximate surface area is 221 Å². The Bertz CT molecular complexity index is 1540. The SMILES string of the molecule is Cc1ccc(NS(C)(=O)=O)c(C(=O)N2CCCCC2c2cc3nc(N4CC(O)C(C#N)C4)c(C)cn3n2)c1. The van der Waals surface area contributed by atoms with Crippen LogP contribution in [0.3, 0.4) is 0 Å². The first-order valence-corrected chi connectivity index (χ1v) is 14.5. The third-order valence-corrected chi connectivity index (χ3v) is 7.77. The fraction of sp³-hybridized carbons (Fsp3) is 0.462. The number of nitrogens with one attached hydrogen (secondary N) is 1. The molecule has 0 bridgehead atoms. The molecule has 2 N–H and O–H groups in total. The van der Waals surface area contributed by atoms with Crippen LogP contribution in [-0.2, 0) is 10.0 Å². The fourth-order valence-corrected chi connectivity index (χ4v) is 5.93. The number of amides is 1. The van der Waals surface area contributed by atoms with Crippen LogP contribution in [-0.4, -0.2) is 70.9 Å². The van der Waals surface area contributed by atoms with Gasteiger partial charge in [0.05, 0.1) is 47.3 Å². The molecule has 5 rings (SSSR count). The number of fused-ring (bicyclic) bond motifs is 1. The lowest BCUT2D eigenvalue weighted by Crippen LogP contribution is -2.39. The average Bonchev–Trinajstić information content (AvgIpc) is 3.45. The van der Waals surface area contributed by atoms with Gasteiger partial charge in [-0.2, -0.15) is 10.4 Å². The standard InChI is InChI=1S/C26H31N7O4S/c1-16-7-8-20(30-38(3,36)37)19(10-16)26(35)32-9-5-4-6-22(32)21-11-24-28-25(17(2)13-33(24)29-21)31-14-18(12-27)23(34)15-31/h7-8,10-11,13,18,22-23,30,34H,4-6,9,14-15H2,1-3H3. The first-order chi connectivity index (χ1) is 18.0. The minimum absolute atomic E-state index is 0.250. The van der Waals surface area contributed by atoms with E-state index in [0.29, 0.717) is 42.4 Å². The van der Waals surface area contributed by atoms with E-state index in [2.05, 4.69) is 10.8 Å². The van der Waals surface area contributed by atoms with Gasteiger partial charge in [-0.3, -0.25) is 9.52 Å². The lowest BCUT2D eigenvalue weighted by Gasteiger charge is -2.35. The third kappa shape index (κ3) is 5.04. The molecule has 38 heavy (non-hydrogen) atoms. The Morgan fingerprint density at radius 1 is 1.21 bits per heavy atom. The normalized spacial score (nSPS) is 22.0. The molecule has 0 radical (unpaired) electrons. The molecular weight excluding hydrogens is 506 g/mol. The van der Waals surface area contributed by atoms with E-state index in [9.17, 15) is 23.6 Å². The quantitative estimate of drug-likeness (QED) is 0.505. The number of anilines is 2. The van der Waals surface area contributed by atoms with Crippen molar-refractivity contribution in [3.05, 3.63) is 52.8 Å². The molecule has 3 unspecified atom stereocenters. The van der Waals surface area contributed by atoms with Gasteiger partial charge in [-0.15, -0.1) is 0 Å². The number of β-amino-alcohol motifs (C(OH)–C–C–N with tert-alkyl or cyclic N) is 1. The number of aliphatic hydroxyl groups is 1. The molecule has 3 aromatic rings. The number of sulfonamides is 1. The van der Waals surface area contributed by atoms with E-state index in [1.807, 2.05) is 31.0 Å². The Morgan fingerprint density at radius 3 is 2.71 bits per heavy atom. The lowest BCUT2D eigenvalue weighted by atomic mass is 9.97. The van der Waals surface area contributed by atoms with Crippen molar-refractivity contribution in [3.63, 3.8) is 0 Å². The molecule has 1 amide bonds. The molecule has 2 fully saturated rings. The zero-order valence-corrected chi connectivity index (χ0v) is 22.4. The summed E-state index contributed by atoms with van der Waals surface area (Å²) in [5.41, 5.74) is 3.61. The number of hydrogen-bond acceptors (Lipinski definition) is 8. The smallest absolute Gasteiger partial charge is 0.256 e. The van der Waals surface area contributed by atoms with Crippen LogP contribution >= 0.6 is 0 Å². The molecule has 2 aliphatic heterocycles. The number of aryl methyl sites for hydroxylation is 2. The van der Waals surface area contributed by atoms with Crippen LogP contribution < -0.4 is 9.62 Å². The number of benzene rings is 1. The average molecular weight is 538 g/mol. The summed E-state index contributed by atoms with van der Waals surface area (Å²) in [5.74, 6) is -0.00739. The first-order valence-electron chi connectivity index (χ1n) is 12.6. The maximum atomic E-state index is 13.8. The van der Waals surface area contributed by atoms with E-state index in [0.717, 1.165) is 36.6 Å². The molecule has 1 aromatic carbocycles. The molecule has 0 aliphatic carbocycles. The number of nitrogens with zero attached hydrogens (tertiary/aromatic N) is 6. The van der Waals surface area contributed by atoms with Crippen LogP contribution in [0.15, 0.2) is 30.5 Å². The van der Waals surface area contributed by atoms with Crippen molar-refractivity contribution < 1.29 is 18.3 Å². The molecule has 12 heteroatoms. The van der Waals surface area contributed by atoms with Gasteiger partial charge in [0.15, 0.2) is 5.65 Å². The molecule has 2 aromatic heterocycles. The highest BCUT2D eigenvalue weighted by Crippen LogP contribution is 2.34. The number of hydrogen-bond donors (Lipinski definition) is 2. The summed E-state index contributed by atoms with van der Waals surface area (Å²) in [4.78, 5) is 22.3. The topological polar surface area (TPSA) is 144 Å². The van der Waals surface area contributed by atoms with Crippen LogP contribution in [0.4, 0.5) is 11.5 Å². The fourth-order valence-electron chi connectivity index (χ4n) is 5.35. The van der Waals surface area contributed by atoms with Gasteiger partial charge in [0.1, 0.15) is 5.82 Å². The molecule has 4 heterocycles. The highest BCUT2D eigenvalue weighted by atomic mass is 32.2. The second-order valence-electron chi connectivity index (χ2n) is 10.3. The maximum Gasteiger partial charge on any atom is 0.256 e. The second kappa shape index (κ2) is 9.89. The zero-order chi connectivity index (χ0) is 27.2. The van der Waals surface area contributed by atoms with Gasteiger partial charge in [0, 0.05) is 37.5 Å². The van der Waals surface area contributed by atoms with Crippen molar-refractivity contribution in [1.82, 2.24) is 19.5 Å². The van der Waals surface area contributed by atoms with E-state index in [-0.39, 0.29) is 17.6 Å². The number of aromatic nitrogens is 3. The van der Waals surface area contributed by atoms with Crippen molar-refractivity contribution in [2.45, 2.75) is 45.3 Å². The van der Waals surface area contributed by atoms with E-state index >= 15 is 0 Å². The summed E-state index contributed by atoms with van der Waals surface area (Å²) < 4.78 is 28.0. The van der Waals surface area contributed by atoms with E-state index in [4.69, 9.17) is 10.1 Å². The monoisotopic (exact) mass is 537 g/mol. The van der Waals surface area contributed by atoms with Crippen molar-refractivity contribution >= 4 is 33.1 Å². The van der Waals surface area contributed by atoms with Crippen molar-refractivity contribution in [2.24, 2.45) is 5.92 Å². The minimum Gasteiger partial charge on any atom is -0.390 e. The van der Waals surface area contributed by atoms with Crippen LogP contribution in [0.25, 0.3) is 5.65 Å². The summed E-state index contributed by atoms with van der Waals surface area (Å²) in [6.45, 7) is 5.06. The van der Waals surface area contributed by atoms with E-state index in [1.54, 1.807) is 27.6 Å². The Hall–Kier alpha value is -3.69. The molecular formula is C26H31N7O4S. The summed E-state index contributed by atoms with van der Waals surface area (Å²) in [6, 6.07) is 8.84. The predicted molar refractivity (Wildman–Crippen MR) is 142 cm³/mol. The molecule has 3 atom stereocenters. The van der Waals surface area contributed by atoms with Gasteiger partial charge >= 0.3 is 0 Å². The molecule has 0 spiro atoms.